The highest BCUT2D eigenvalue weighted by Gasteiger charge is 2.22. The van der Waals surface area contributed by atoms with Gasteiger partial charge in [0.25, 0.3) is 0 Å². The molecule has 172 valence electrons. The maximum Gasteiger partial charge on any atom is 0.227 e. The molecule has 3 N–H and O–H groups in total. The third-order valence-electron chi connectivity index (χ3n) is 5.85. The number of hydrogen-bond donors (Lipinski definition) is 2. The Hall–Kier alpha value is -3.65. The van der Waals surface area contributed by atoms with Gasteiger partial charge in [-0.2, -0.15) is 0 Å². The number of piperidine rings is 1. The molecule has 0 bridgehead atoms. The molecule has 0 aliphatic carbocycles. The molecule has 1 saturated heterocycles. The summed E-state index contributed by atoms with van der Waals surface area (Å²) < 4.78 is 11.1. The van der Waals surface area contributed by atoms with Gasteiger partial charge in [-0.25, -0.2) is 9.97 Å². The molecule has 2 heterocycles. The van der Waals surface area contributed by atoms with Crippen LogP contribution in [0.15, 0.2) is 60.9 Å². The molecule has 1 fully saturated rings. The SMILES string of the molecule is COc1ccc(-c2cnc(Nc3ccc(OCCN4CCC(C(N)=O)CC4)cc3)nc2)cc1. The smallest absolute Gasteiger partial charge is 0.227 e. The summed E-state index contributed by atoms with van der Waals surface area (Å²) in [4.78, 5) is 22.4. The van der Waals surface area contributed by atoms with E-state index in [0.29, 0.717) is 12.6 Å². The van der Waals surface area contributed by atoms with Crippen LogP contribution in [0.1, 0.15) is 12.8 Å². The maximum absolute atomic E-state index is 11.3. The third kappa shape index (κ3) is 6.20. The van der Waals surface area contributed by atoms with E-state index in [2.05, 4.69) is 20.2 Å². The van der Waals surface area contributed by atoms with Crippen LogP contribution >= 0.6 is 0 Å². The number of nitrogens with two attached hydrogens (primary N) is 1. The Morgan fingerprint density at radius 2 is 1.64 bits per heavy atom. The van der Waals surface area contributed by atoms with Gasteiger partial charge in [-0.3, -0.25) is 9.69 Å². The van der Waals surface area contributed by atoms with Crippen molar-refractivity contribution in [1.29, 1.82) is 0 Å². The number of methoxy groups -OCH3 is 1. The van der Waals surface area contributed by atoms with Gasteiger partial charge in [0, 0.05) is 36.1 Å². The highest BCUT2D eigenvalue weighted by atomic mass is 16.5. The summed E-state index contributed by atoms with van der Waals surface area (Å²) in [6, 6.07) is 15.5. The van der Waals surface area contributed by atoms with Crippen molar-refractivity contribution in [2.45, 2.75) is 12.8 Å². The van der Waals surface area contributed by atoms with Crippen molar-refractivity contribution in [2.24, 2.45) is 11.7 Å². The molecule has 8 heteroatoms. The molecule has 0 radical (unpaired) electrons. The van der Waals surface area contributed by atoms with Crippen LogP contribution in [0.4, 0.5) is 11.6 Å². The molecular weight excluding hydrogens is 418 g/mol. The van der Waals surface area contributed by atoms with Gasteiger partial charge in [0.15, 0.2) is 0 Å². The summed E-state index contributed by atoms with van der Waals surface area (Å²) >= 11 is 0. The monoisotopic (exact) mass is 447 g/mol. The average Bonchev–Trinajstić information content (AvgIpc) is 2.86. The number of anilines is 2. The van der Waals surface area contributed by atoms with Crippen molar-refractivity contribution in [2.75, 3.05) is 38.7 Å². The minimum Gasteiger partial charge on any atom is -0.497 e. The van der Waals surface area contributed by atoms with E-state index in [0.717, 1.165) is 60.8 Å². The Kier molecular flexibility index (Phi) is 7.36. The normalized spacial score (nSPS) is 14.6. The summed E-state index contributed by atoms with van der Waals surface area (Å²) in [5.41, 5.74) is 8.24. The molecule has 0 atom stereocenters. The standard InChI is InChI=1S/C25H29N5O3/c1-32-22-6-2-18(3-7-22)20-16-27-25(28-17-20)29-21-4-8-23(9-5-21)33-15-14-30-12-10-19(11-13-30)24(26)31/h2-9,16-17,19H,10-15H2,1H3,(H2,26,31)(H,27,28,29). The molecule has 2 aromatic carbocycles. The van der Waals surface area contributed by atoms with Crippen molar-refractivity contribution >= 4 is 17.5 Å². The number of nitrogens with zero attached hydrogens (tertiary/aromatic N) is 3. The number of benzene rings is 2. The molecule has 3 aromatic rings. The van der Waals surface area contributed by atoms with Crippen molar-refractivity contribution in [3.8, 4) is 22.6 Å². The first-order valence-corrected chi connectivity index (χ1v) is 11.1. The molecule has 1 amide bonds. The molecule has 1 aliphatic rings. The lowest BCUT2D eigenvalue weighted by atomic mass is 9.96. The molecule has 1 aromatic heterocycles. The second-order valence-corrected chi connectivity index (χ2v) is 8.04. The molecule has 0 spiro atoms. The molecule has 0 unspecified atom stereocenters. The zero-order valence-corrected chi connectivity index (χ0v) is 18.7. The van der Waals surface area contributed by atoms with Crippen LogP contribution < -0.4 is 20.5 Å². The fourth-order valence-corrected chi connectivity index (χ4v) is 3.82. The van der Waals surface area contributed by atoms with Crippen LogP contribution in [-0.4, -0.2) is 54.1 Å². The summed E-state index contributed by atoms with van der Waals surface area (Å²) in [5, 5.41) is 3.21. The Labute approximate surface area is 193 Å². The average molecular weight is 448 g/mol. The number of primary amides is 1. The fraction of sp³-hybridized carbons (Fsp3) is 0.320. The van der Waals surface area contributed by atoms with E-state index in [1.807, 2.05) is 48.5 Å². The number of likely N-dealkylation sites (tertiary alicyclic amines) is 1. The number of nitrogens with one attached hydrogen (secondary N) is 1. The zero-order chi connectivity index (χ0) is 23.0. The second-order valence-electron chi connectivity index (χ2n) is 8.04. The molecule has 8 nitrogen and oxygen atoms in total. The Bertz CT molecular complexity index is 1030. The number of hydrogen-bond acceptors (Lipinski definition) is 7. The van der Waals surface area contributed by atoms with Gasteiger partial charge < -0.3 is 20.5 Å². The Balaban J connectivity index is 1.23. The lowest BCUT2D eigenvalue weighted by molar-refractivity contribution is -0.123. The minimum atomic E-state index is -0.182. The first-order chi connectivity index (χ1) is 16.1. The van der Waals surface area contributed by atoms with Crippen LogP contribution in [-0.2, 0) is 4.79 Å². The molecule has 1 aliphatic heterocycles. The van der Waals surface area contributed by atoms with Gasteiger partial charge >= 0.3 is 0 Å². The number of amides is 1. The highest BCUT2D eigenvalue weighted by Crippen LogP contribution is 2.23. The number of aromatic nitrogens is 2. The first-order valence-electron chi connectivity index (χ1n) is 11.1. The van der Waals surface area contributed by atoms with E-state index >= 15 is 0 Å². The Morgan fingerprint density at radius 3 is 2.24 bits per heavy atom. The predicted molar refractivity (Wildman–Crippen MR) is 128 cm³/mol. The second kappa shape index (κ2) is 10.8. The quantitative estimate of drug-likeness (QED) is 0.518. The topological polar surface area (TPSA) is 103 Å². The van der Waals surface area contributed by atoms with E-state index in [1.165, 1.54) is 0 Å². The van der Waals surface area contributed by atoms with Crippen LogP contribution in [0.2, 0.25) is 0 Å². The van der Waals surface area contributed by atoms with E-state index in [-0.39, 0.29) is 11.8 Å². The van der Waals surface area contributed by atoms with Gasteiger partial charge in [0.2, 0.25) is 11.9 Å². The number of ether oxygens (including phenoxy) is 2. The fourth-order valence-electron chi connectivity index (χ4n) is 3.82. The summed E-state index contributed by atoms with van der Waals surface area (Å²) in [6.07, 6.45) is 5.25. The molecular formula is C25H29N5O3. The van der Waals surface area contributed by atoms with Crippen LogP contribution in [0.5, 0.6) is 11.5 Å². The summed E-state index contributed by atoms with van der Waals surface area (Å²) in [5.74, 6) is 1.99. The Morgan fingerprint density at radius 1 is 1.00 bits per heavy atom. The van der Waals surface area contributed by atoms with Gasteiger partial charge in [-0.15, -0.1) is 0 Å². The number of carbonyl (C=O) groups excluding carboxylic acids is 1. The van der Waals surface area contributed by atoms with Crippen molar-refractivity contribution < 1.29 is 14.3 Å². The number of carbonyl (C=O) groups is 1. The lowest BCUT2D eigenvalue weighted by Gasteiger charge is -2.30. The summed E-state index contributed by atoms with van der Waals surface area (Å²) in [6.45, 7) is 3.21. The minimum absolute atomic E-state index is 0.0184. The van der Waals surface area contributed by atoms with Crippen molar-refractivity contribution in [1.82, 2.24) is 14.9 Å². The molecule has 4 rings (SSSR count). The molecule has 0 saturated carbocycles. The highest BCUT2D eigenvalue weighted by molar-refractivity contribution is 5.76. The molecule has 33 heavy (non-hydrogen) atoms. The van der Waals surface area contributed by atoms with Gasteiger partial charge in [0.05, 0.1) is 7.11 Å². The van der Waals surface area contributed by atoms with Gasteiger partial charge in [0.1, 0.15) is 18.1 Å². The van der Waals surface area contributed by atoms with Crippen LogP contribution in [0.25, 0.3) is 11.1 Å². The van der Waals surface area contributed by atoms with Crippen LogP contribution in [0, 0.1) is 5.92 Å². The first kappa shape index (κ1) is 22.5. The van der Waals surface area contributed by atoms with Crippen LogP contribution in [0.3, 0.4) is 0 Å². The van der Waals surface area contributed by atoms with Gasteiger partial charge in [-0.05, 0) is 67.9 Å². The summed E-state index contributed by atoms with van der Waals surface area (Å²) in [7, 11) is 1.65. The van der Waals surface area contributed by atoms with E-state index in [4.69, 9.17) is 15.2 Å². The predicted octanol–water partition coefficient (Wildman–Crippen LogP) is 3.47. The van der Waals surface area contributed by atoms with E-state index in [1.54, 1.807) is 19.5 Å². The van der Waals surface area contributed by atoms with Crippen molar-refractivity contribution in [3.63, 3.8) is 0 Å². The lowest BCUT2D eigenvalue weighted by Crippen LogP contribution is -2.40. The maximum atomic E-state index is 11.3. The van der Waals surface area contributed by atoms with E-state index in [9.17, 15) is 4.79 Å². The van der Waals surface area contributed by atoms with Gasteiger partial charge in [-0.1, -0.05) is 12.1 Å². The number of rotatable bonds is 9. The zero-order valence-electron chi connectivity index (χ0n) is 18.7. The third-order valence-corrected chi connectivity index (χ3v) is 5.85. The van der Waals surface area contributed by atoms with E-state index < -0.39 is 0 Å². The largest absolute Gasteiger partial charge is 0.497 e. The van der Waals surface area contributed by atoms with Crippen molar-refractivity contribution in [3.05, 3.63) is 60.9 Å².